The zero-order chi connectivity index (χ0) is 22.2. The van der Waals surface area contributed by atoms with Gasteiger partial charge in [-0.25, -0.2) is 18.0 Å². The van der Waals surface area contributed by atoms with E-state index in [2.05, 4.69) is 0 Å². The Morgan fingerprint density at radius 2 is 1.57 bits per heavy atom. The number of carbonyl (C=O) groups is 3. The van der Waals surface area contributed by atoms with Crippen molar-refractivity contribution in [2.24, 2.45) is 5.92 Å². The maximum Gasteiger partial charge on any atom is 0.336 e. The number of carbonyl (C=O) groups excluding carboxylic acids is 1. The highest BCUT2D eigenvalue weighted by Crippen LogP contribution is 2.37. The van der Waals surface area contributed by atoms with Crippen molar-refractivity contribution in [3.8, 4) is 11.1 Å². The van der Waals surface area contributed by atoms with Gasteiger partial charge in [0, 0.05) is 11.5 Å². The summed E-state index contributed by atoms with van der Waals surface area (Å²) in [6.07, 6.45) is 1.31. The molecule has 0 aromatic heterocycles. The van der Waals surface area contributed by atoms with E-state index in [9.17, 15) is 33.0 Å². The lowest BCUT2D eigenvalue weighted by molar-refractivity contribution is 0.0690. The second-order valence-corrected chi connectivity index (χ2v) is 9.27. The van der Waals surface area contributed by atoms with E-state index in [1.807, 2.05) is 0 Å². The fourth-order valence-corrected chi connectivity index (χ4v) is 4.46. The topological polar surface area (TPSA) is 146 Å². The molecule has 1 saturated carbocycles. The fraction of sp³-hybridized carbons (Fsp3) is 0.286. The van der Waals surface area contributed by atoms with Gasteiger partial charge in [0.05, 0.1) is 28.4 Å². The Hall–Kier alpha value is -3.04. The van der Waals surface area contributed by atoms with Crippen LogP contribution in [-0.4, -0.2) is 53.8 Å². The Labute approximate surface area is 172 Å². The third-order valence-electron chi connectivity index (χ3n) is 5.10. The summed E-state index contributed by atoms with van der Waals surface area (Å²) in [6.45, 7) is 0.815. The predicted octanol–water partition coefficient (Wildman–Crippen LogP) is 2.42. The summed E-state index contributed by atoms with van der Waals surface area (Å²) >= 11 is 0. The van der Waals surface area contributed by atoms with Crippen molar-refractivity contribution in [3.63, 3.8) is 0 Å². The normalized spacial score (nSPS) is 13.8. The highest BCUT2D eigenvalue weighted by atomic mass is 32.2. The fourth-order valence-electron chi connectivity index (χ4n) is 3.44. The third-order valence-corrected chi connectivity index (χ3v) is 6.81. The molecule has 0 aliphatic heterocycles. The minimum atomic E-state index is -3.68. The number of hydrogen-bond donors (Lipinski definition) is 3. The third kappa shape index (κ3) is 3.99. The monoisotopic (exact) mass is 432 g/mol. The quantitative estimate of drug-likeness (QED) is 0.539. The van der Waals surface area contributed by atoms with Gasteiger partial charge in [0.2, 0.25) is 0 Å². The Morgan fingerprint density at radius 1 is 1.00 bits per heavy atom. The summed E-state index contributed by atoms with van der Waals surface area (Å²) in [4.78, 5) is 36.4. The minimum Gasteiger partial charge on any atom is -0.478 e. The molecule has 0 amide bonds. The Morgan fingerprint density at radius 3 is 2.03 bits per heavy atom. The molecule has 3 N–H and O–H groups in total. The van der Waals surface area contributed by atoms with Crippen molar-refractivity contribution in [1.29, 1.82) is 0 Å². The van der Waals surface area contributed by atoms with Crippen LogP contribution >= 0.6 is 0 Å². The number of benzene rings is 2. The number of aliphatic hydroxyl groups is 1. The van der Waals surface area contributed by atoms with Crippen LogP contribution in [-0.2, 0) is 9.84 Å². The van der Waals surface area contributed by atoms with E-state index in [1.54, 1.807) is 0 Å². The van der Waals surface area contributed by atoms with Gasteiger partial charge in [-0.15, -0.1) is 0 Å². The molecule has 0 bridgehead atoms. The summed E-state index contributed by atoms with van der Waals surface area (Å²) in [5.41, 5.74) is -0.186. The molecule has 2 aromatic rings. The zero-order valence-electron chi connectivity index (χ0n) is 16.1. The van der Waals surface area contributed by atoms with Crippen molar-refractivity contribution < 1.29 is 38.1 Å². The Balaban J connectivity index is 2.22. The van der Waals surface area contributed by atoms with E-state index in [0.717, 1.165) is 0 Å². The number of aliphatic hydroxyl groups excluding tert-OH is 1. The second kappa shape index (κ2) is 8.00. The predicted molar refractivity (Wildman–Crippen MR) is 107 cm³/mol. The first-order valence-corrected chi connectivity index (χ1v) is 10.9. The van der Waals surface area contributed by atoms with Gasteiger partial charge in [0.25, 0.3) is 0 Å². The largest absolute Gasteiger partial charge is 0.478 e. The molecule has 9 heteroatoms. The zero-order valence-corrected chi connectivity index (χ0v) is 16.9. The molecule has 0 atom stereocenters. The van der Waals surface area contributed by atoms with Crippen LogP contribution in [0.15, 0.2) is 35.2 Å². The summed E-state index contributed by atoms with van der Waals surface area (Å²) in [6, 6.07) is 6.65. The number of aromatic carboxylic acids is 2. The van der Waals surface area contributed by atoms with E-state index in [-0.39, 0.29) is 44.4 Å². The number of hydrogen-bond acceptors (Lipinski definition) is 6. The molecule has 3 rings (SSSR count). The van der Waals surface area contributed by atoms with Crippen LogP contribution in [0.25, 0.3) is 11.1 Å². The molecule has 30 heavy (non-hydrogen) atoms. The summed E-state index contributed by atoms with van der Waals surface area (Å²) in [5, 5.41) is 28.2. The van der Waals surface area contributed by atoms with E-state index in [0.29, 0.717) is 18.4 Å². The number of rotatable bonds is 8. The van der Waals surface area contributed by atoms with Crippen molar-refractivity contribution in [1.82, 2.24) is 0 Å². The first kappa shape index (κ1) is 21.7. The minimum absolute atomic E-state index is 0.0338. The molecule has 0 radical (unpaired) electrons. The van der Waals surface area contributed by atoms with Crippen LogP contribution < -0.4 is 0 Å². The highest BCUT2D eigenvalue weighted by molar-refractivity contribution is 7.91. The van der Waals surface area contributed by atoms with E-state index < -0.39 is 34.1 Å². The van der Waals surface area contributed by atoms with Crippen LogP contribution in [0.1, 0.15) is 49.5 Å². The highest BCUT2D eigenvalue weighted by Gasteiger charge is 2.35. The number of carboxylic acid groups (broad SMARTS) is 2. The number of carboxylic acids is 2. The van der Waals surface area contributed by atoms with E-state index in [1.165, 1.54) is 37.3 Å². The molecule has 1 fully saturated rings. The van der Waals surface area contributed by atoms with Gasteiger partial charge in [0.1, 0.15) is 0 Å². The van der Waals surface area contributed by atoms with Crippen LogP contribution in [0.2, 0.25) is 0 Å². The Kier molecular flexibility index (Phi) is 5.78. The van der Waals surface area contributed by atoms with Crippen molar-refractivity contribution in [3.05, 3.63) is 52.6 Å². The molecule has 0 spiro atoms. The molecular formula is C21H20O8S. The van der Waals surface area contributed by atoms with Gasteiger partial charge in [0.15, 0.2) is 15.6 Å². The van der Waals surface area contributed by atoms with Gasteiger partial charge < -0.3 is 15.3 Å². The van der Waals surface area contributed by atoms with Crippen LogP contribution in [0.5, 0.6) is 0 Å². The van der Waals surface area contributed by atoms with Crippen molar-refractivity contribution in [2.75, 3.05) is 12.4 Å². The summed E-state index contributed by atoms with van der Waals surface area (Å²) in [5.74, 6) is -3.78. The van der Waals surface area contributed by atoms with Crippen molar-refractivity contribution in [2.45, 2.75) is 24.7 Å². The lowest BCUT2D eigenvalue weighted by atomic mass is 9.87. The van der Waals surface area contributed by atoms with Gasteiger partial charge >= 0.3 is 11.9 Å². The average molecular weight is 432 g/mol. The smallest absolute Gasteiger partial charge is 0.336 e. The van der Waals surface area contributed by atoms with Crippen LogP contribution in [0.3, 0.4) is 0 Å². The SMILES string of the molecule is Cc1c(C(=O)O)c(C(=O)C2CC2)cc(-c2ccc(S(=O)(=O)CCO)cc2)c1C(=O)O. The molecule has 8 nitrogen and oxygen atoms in total. The molecule has 0 heterocycles. The lowest BCUT2D eigenvalue weighted by Crippen LogP contribution is -2.16. The van der Waals surface area contributed by atoms with Crippen LogP contribution in [0.4, 0.5) is 0 Å². The Bertz CT molecular complexity index is 1140. The standard InChI is InChI=1S/C21H20O8S/c1-11-17(20(24)25)15(10-16(18(11)21(26)27)19(23)13-2-3-13)12-4-6-14(7-5-12)30(28,29)9-8-22/h4-7,10,13,22H,2-3,8-9H2,1H3,(H,24,25)(H,26,27). The second-order valence-electron chi connectivity index (χ2n) is 7.16. The first-order chi connectivity index (χ1) is 14.1. The lowest BCUT2D eigenvalue weighted by Gasteiger charge is -2.16. The van der Waals surface area contributed by atoms with Gasteiger partial charge in [-0.2, -0.15) is 0 Å². The van der Waals surface area contributed by atoms with E-state index in [4.69, 9.17) is 5.11 Å². The van der Waals surface area contributed by atoms with E-state index >= 15 is 0 Å². The number of ketones is 1. The van der Waals surface area contributed by atoms with Gasteiger partial charge in [-0.1, -0.05) is 12.1 Å². The number of Topliss-reactive ketones (excluding diaryl/α,β-unsaturated/α-hetero) is 1. The molecule has 0 saturated heterocycles. The van der Waals surface area contributed by atoms with Gasteiger partial charge in [-0.05, 0) is 54.7 Å². The average Bonchev–Trinajstić information content (AvgIpc) is 3.51. The summed E-state index contributed by atoms with van der Waals surface area (Å²) in [7, 11) is -3.68. The summed E-state index contributed by atoms with van der Waals surface area (Å²) < 4.78 is 24.2. The van der Waals surface area contributed by atoms with Crippen LogP contribution in [0, 0.1) is 12.8 Å². The first-order valence-electron chi connectivity index (χ1n) is 9.21. The molecule has 158 valence electrons. The maximum absolute atomic E-state index is 12.7. The maximum atomic E-state index is 12.7. The molecule has 1 aliphatic rings. The molecule has 2 aromatic carbocycles. The molecule has 1 aliphatic carbocycles. The number of sulfone groups is 1. The molecule has 0 unspecified atom stereocenters. The van der Waals surface area contributed by atoms with Crippen molar-refractivity contribution >= 4 is 27.6 Å². The van der Waals surface area contributed by atoms with Gasteiger partial charge in [-0.3, -0.25) is 4.79 Å². The molecular weight excluding hydrogens is 412 g/mol.